The van der Waals surface area contributed by atoms with E-state index >= 15 is 0 Å². The lowest BCUT2D eigenvalue weighted by Crippen LogP contribution is -2.38. The lowest BCUT2D eigenvalue weighted by Gasteiger charge is -2.12. The third kappa shape index (κ3) is 9.80. The van der Waals surface area contributed by atoms with Crippen LogP contribution in [0.1, 0.15) is 24.0 Å². The van der Waals surface area contributed by atoms with Crippen molar-refractivity contribution in [3.05, 3.63) is 59.7 Å². The first kappa shape index (κ1) is 26.2. The summed E-state index contributed by atoms with van der Waals surface area (Å²) in [6.07, 6.45) is 3.95. The lowest BCUT2D eigenvalue weighted by molar-refractivity contribution is 0.307. The van der Waals surface area contributed by atoms with Gasteiger partial charge in [-0.15, -0.1) is 24.0 Å². The van der Waals surface area contributed by atoms with E-state index in [0.717, 1.165) is 43.1 Å². The molecule has 2 aromatic rings. The van der Waals surface area contributed by atoms with Crippen molar-refractivity contribution in [2.75, 3.05) is 33.0 Å². The van der Waals surface area contributed by atoms with E-state index in [9.17, 15) is 8.42 Å². The fraction of sp³-hybridized carbons (Fsp3) is 0.409. The summed E-state index contributed by atoms with van der Waals surface area (Å²) < 4.78 is 28.7. The van der Waals surface area contributed by atoms with Crippen molar-refractivity contribution in [1.29, 1.82) is 0 Å². The molecule has 0 aliphatic carbocycles. The van der Waals surface area contributed by atoms with E-state index in [1.165, 1.54) is 11.8 Å². The second-order valence-corrected chi connectivity index (χ2v) is 8.98. The summed E-state index contributed by atoms with van der Waals surface area (Å²) in [5, 5.41) is 6.57. The fourth-order valence-corrected chi connectivity index (χ4v) is 3.34. The van der Waals surface area contributed by atoms with Gasteiger partial charge >= 0.3 is 0 Å². The molecule has 0 heterocycles. The number of aliphatic imine (C=N–C) groups is 1. The highest BCUT2D eigenvalue weighted by molar-refractivity contribution is 14.0. The van der Waals surface area contributed by atoms with Gasteiger partial charge in [0.1, 0.15) is 5.75 Å². The molecule has 0 saturated heterocycles. The normalized spacial score (nSPS) is 11.5. The van der Waals surface area contributed by atoms with Crippen molar-refractivity contribution in [3.63, 3.8) is 0 Å². The number of hydrogen-bond donors (Lipinski definition) is 2. The number of sulfone groups is 1. The minimum Gasteiger partial charge on any atom is -0.494 e. The van der Waals surface area contributed by atoms with Crippen LogP contribution in [0.2, 0.25) is 0 Å². The predicted molar refractivity (Wildman–Crippen MR) is 134 cm³/mol. The van der Waals surface area contributed by atoms with Crippen LogP contribution in [-0.2, 0) is 16.3 Å². The zero-order chi connectivity index (χ0) is 21.1. The molecule has 0 spiro atoms. The summed E-state index contributed by atoms with van der Waals surface area (Å²) in [7, 11) is -1.40. The maximum absolute atomic E-state index is 11.5. The minimum atomic E-state index is -3.15. The molecular formula is C22H32IN3O3S. The molecular weight excluding hydrogens is 513 g/mol. The number of halogens is 1. The van der Waals surface area contributed by atoms with Crippen LogP contribution in [0.4, 0.5) is 0 Å². The van der Waals surface area contributed by atoms with Crippen molar-refractivity contribution in [2.24, 2.45) is 4.99 Å². The molecule has 2 aromatic carbocycles. The van der Waals surface area contributed by atoms with Crippen LogP contribution < -0.4 is 15.4 Å². The van der Waals surface area contributed by atoms with E-state index in [1.54, 1.807) is 19.2 Å². The van der Waals surface area contributed by atoms with Gasteiger partial charge in [-0.2, -0.15) is 0 Å². The second kappa shape index (κ2) is 13.5. The van der Waals surface area contributed by atoms with Crippen LogP contribution in [0.25, 0.3) is 0 Å². The number of ether oxygens (including phenoxy) is 1. The Hall–Kier alpha value is -1.81. The van der Waals surface area contributed by atoms with Crippen LogP contribution >= 0.6 is 24.0 Å². The minimum absolute atomic E-state index is 0. The first-order valence-corrected chi connectivity index (χ1v) is 11.7. The smallest absolute Gasteiger partial charge is 0.190 e. The summed E-state index contributed by atoms with van der Waals surface area (Å²) in [6.45, 7) is 4.29. The molecule has 0 bridgehead atoms. The highest BCUT2D eigenvalue weighted by Crippen LogP contribution is 2.12. The Labute approximate surface area is 197 Å². The maximum Gasteiger partial charge on any atom is 0.190 e. The zero-order valence-electron chi connectivity index (χ0n) is 17.8. The number of aryl methyl sites for hydroxylation is 1. The average molecular weight is 545 g/mol. The molecule has 8 heteroatoms. The van der Waals surface area contributed by atoms with Gasteiger partial charge in [-0.1, -0.05) is 29.8 Å². The largest absolute Gasteiger partial charge is 0.494 e. The van der Waals surface area contributed by atoms with Crippen LogP contribution in [0.15, 0.2) is 58.4 Å². The third-order valence-electron chi connectivity index (χ3n) is 4.43. The highest BCUT2D eigenvalue weighted by Gasteiger charge is 2.06. The molecule has 2 rings (SSSR count). The molecule has 0 aromatic heterocycles. The Balaban J connectivity index is 0.00000450. The van der Waals surface area contributed by atoms with E-state index in [0.29, 0.717) is 18.0 Å². The van der Waals surface area contributed by atoms with Gasteiger partial charge < -0.3 is 15.4 Å². The molecule has 0 atom stereocenters. The van der Waals surface area contributed by atoms with E-state index in [4.69, 9.17) is 4.74 Å². The first-order valence-electron chi connectivity index (χ1n) is 9.81. The fourth-order valence-electron chi connectivity index (χ4n) is 2.71. The summed E-state index contributed by atoms with van der Waals surface area (Å²) in [5.41, 5.74) is 2.31. The van der Waals surface area contributed by atoms with Crippen molar-refractivity contribution < 1.29 is 13.2 Å². The average Bonchev–Trinajstić information content (AvgIpc) is 2.70. The van der Waals surface area contributed by atoms with E-state index in [-0.39, 0.29) is 24.0 Å². The van der Waals surface area contributed by atoms with Crippen molar-refractivity contribution >= 4 is 39.8 Å². The van der Waals surface area contributed by atoms with Gasteiger partial charge in [0.15, 0.2) is 15.8 Å². The van der Waals surface area contributed by atoms with Crippen molar-refractivity contribution in [3.8, 4) is 5.75 Å². The quantitative estimate of drug-likeness (QED) is 0.207. The highest BCUT2D eigenvalue weighted by atomic mass is 127. The van der Waals surface area contributed by atoms with Gasteiger partial charge in [-0.05, 0) is 56.0 Å². The maximum atomic E-state index is 11.5. The lowest BCUT2D eigenvalue weighted by atomic mass is 10.1. The number of nitrogens with one attached hydrogen (secondary N) is 2. The Kier molecular flexibility index (Phi) is 11.8. The summed E-state index contributed by atoms with van der Waals surface area (Å²) in [6, 6.07) is 15.1. The molecule has 30 heavy (non-hydrogen) atoms. The number of rotatable bonds is 10. The van der Waals surface area contributed by atoms with Crippen molar-refractivity contribution in [1.82, 2.24) is 10.6 Å². The monoisotopic (exact) mass is 545 g/mol. The Morgan fingerprint density at radius 2 is 1.60 bits per heavy atom. The Bertz CT molecular complexity index is 883. The number of benzene rings is 2. The van der Waals surface area contributed by atoms with E-state index in [2.05, 4.69) is 22.5 Å². The summed E-state index contributed by atoms with van der Waals surface area (Å²) >= 11 is 0. The number of hydrogen-bond acceptors (Lipinski definition) is 4. The van der Waals surface area contributed by atoms with Gasteiger partial charge in [0.25, 0.3) is 0 Å². The van der Waals surface area contributed by atoms with Crippen LogP contribution in [0.3, 0.4) is 0 Å². The van der Waals surface area contributed by atoms with E-state index in [1.807, 2.05) is 36.4 Å². The van der Waals surface area contributed by atoms with Crippen LogP contribution in [0.5, 0.6) is 5.75 Å². The Morgan fingerprint density at radius 3 is 2.20 bits per heavy atom. The number of unbranched alkanes of at least 4 members (excludes halogenated alkanes) is 1. The molecule has 0 radical (unpaired) electrons. The molecule has 166 valence electrons. The molecule has 0 aliphatic heterocycles. The van der Waals surface area contributed by atoms with Crippen LogP contribution in [0, 0.1) is 6.92 Å². The second-order valence-electron chi connectivity index (χ2n) is 6.96. The molecule has 0 unspecified atom stereocenters. The first-order chi connectivity index (χ1) is 13.9. The SMILES string of the molecule is CN=C(NCCCCOc1ccc(C)cc1)NCCc1ccc(S(C)(=O)=O)cc1.I. The molecule has 0 aliphatic rings. The predicted octanol–water partition coefficient (Wildman–Crippen LogP) is 3.58. The van der Waals surface area contributed by atoms with Gasteiger partial charge in [-0.3, -0.25) is 4.99 Å². The van der Waals surface area contributed by atoms with Crippen molar-refractivity contribution in [2.45, 2.75) is 31.1 Å². The van der Waals surface area contributed by atoms with Crippen LogP contribution in [-0.4, -0.2) is 47.4 Å². The zero-order valence-corrected chi connectivity index (χ0v) is 21.0. The standard InChI is InChI=1S/C22H31N3O3S.HI/c1-18-6-10-20(11-7-18)28-17-5-4-15-24-22(23-2)25-16-14-19-8-12-21(13-9-19)29(3,26)27;/h6-13H,4-5,14-17H2,1-3H3,(H2,23,24,25);1H. The summed E-state index contributed by atoms with van der Waals surface area (Å²) in [5.74, 6) is 1.67. The molecule has 0 saturated carbocycles. The van der Waals surface area contributed by atoms with E-state index < -0.39 is 9.84 Å². The van der Waals surface area contributed by atoms with Gasteiger partial charge in [0, 0.05) is 26.4 Å². The molecule has 2 N–H and O–H groups in total. The summed E-state index contributed by atoms with van der Waals surface area (Å²) in [4.78, 5) is 4.57. The molecule has 0 fully saturated rings. The molecule has 0 amide bonds. The third-order valence-corrected chi connectivity index (χ3v) is 5.56. The van der Waals surface area contributed by atoms with Gasteiger partial charge in [0.05, 0.1) is 11.5 Å². The number of guanidine groups is 1. The number of nitrogens with zero attached hydrogens (tertiary/aromatic N) is 1. The van der Waals surface area contributed by atoms with Gasteiger partial charge in [-0.25, -0.2) is 8.42 Å². The van der Waals surface area contributed by atoms with Gasteiger partial charge in [0.2, 0.25) is 0 Å². The Morgan fingerprint density at radius 1 is 0.967 bits per heavy atom. The molecule has 6 nitrogen and oxygen atoms in total. The topological polar surface area (TPSA) is 79.8 Å².